The van der Waals surface area contributed by atoms with Crippen molar-refractivity contribution >= 4 is 23.0 Å². The van der Waals surface area contributed by atoms with E-state index in [2.05, 4.69) is 16.4 Å². The fraction of sp³-hybridized carbons (Fsp3) is 0.0526. The van der Waals surface area contributed by atoms with Crippen LogP contribution in [-0.4, -0.2) is 4.98 Å². The number of pyridine rings is 1. The SMILES string of the molecule is Cc1cc(Oc2ccccc2)ccc1Nc1ccnc(Cl)c1C#N. The van der Waals surface area contributed by atoms with Gasteiger partial charge < -0.3 is 10.1 Å². The average Bonchev–Trinajstić information content (AvgIpc) is 2.58. The summed E-state index contributed by atoms with van der Waals surface area (Å²) in [6, 6.07) is 19.1. The number of hydrogen-bond acceptors (Lipinski definition) is 4. The largest absolute Gasteiger partial charge is 0.457 e. The quantitative estimate of drug-likeness (QED) is 0.644. The molecule has 24 heavy (non-hydrogen) atoms. The van der Waals surface area contributed by atoms with Gasteiger partial charge in [0, 0.05) is 11.9 Å². The number of para-hydroxylation sites is 1. The molecule has 1 heterocycles. The highest BCUT2D eigenvalue weighted by Gasteiger charge is 2.09. The van der Waals surface area contributed by atoms with Gasteiger partial charge in [-0.1, -0.05) is 29.8 Å². The second-order valence-electron chi connectivity index (χ2n) is 5.15. The Morgan fingerprint density at radius 3 is 2.54 bits per heavy atom. The zero-order valence-electron chi connectivity index (χ0n) is 13.0. The first-order valence-corrected chi connectivity index (χ1v) is 7.70. The molecule has 0 aliphatic heterocycles. The Hall–Kier alpha value is -3.03. The summed E-state index contributed by atoms with van der Waals surface area (Å²) in [6.45, 7) is 1.97. The monoisotopic (exact) mass is 335 g/mol. The first-order valence-electron chi connectivity index (χ1n) is 7.32. The molecule has 3 aromatic rings. The van der Waals surface area contributed by atoms with Crippen molar-refractivity contribution in [2.24, 2.45) is 0 Å². The standard InChI is InChI=1S/C19H14ClN3O/c1-13-11-15(24-14-5-3-2-4-6-14)7-8-17(13)23-18-9-10-22-19(20)16(18)12-21/h2-11H,1H3,(H,22,23). The molecule has 1 N–H and O–H groups in total. The van der Waals surface area contributed by atoms with Crippen LogP contribution in [0.15, 0.2) is 60.8 Å². The third kappa shape index (κ3) is 3.48. The summed E-state index contributed by atoms with van der Waals surface area (Å²) >= 11 is 5.96. The topological polar surface area (TPSA) is 57.9 Å². The molecule has 118 valence electrons. The van der Waals surface area contributed by atoms with Crippen LogP contribution in [0.1, 0.15) is 11.1 Å². The van der Waals surface area contributed by atoms with Gasteiger partial charge in [-0.05, 0) is 48.9 Å². The van der Waals surface area contributed by atoms with Gasteiger partial charge in [0.05, 0.1) is 5.69 Å². The zero-order valence-corrected chi connectivity index (χ0v) is 13.7. The molecule has 0 bridgehead atoms. The van der Waals surface area contributed by atoms with Gasteiger partial charge in [0.1, 0.15) is 28.3 Å². The molecule has 2 aromatic carbocycles. The number of hydrogen-bond donors (Lipinski definition) is 1. The van der Waals surface area contributed by atoms with Crippen LogP contribution in [0.5, 0.6) is 11.5 Å². The van der Waals surface area contributed by atoms with Crippen LogP contribution in [0.25, 0.3) is 0 Å². The summed E-state index contributed by atoms with van der Waals surface area (Å²) in [7, 11) is 0. The molecule has 0 aliphatic carbocycles. The van der Waals surface area contributed by atoms with Gasteiger partial charge in [-0.2, -0.15) is 5.26 Å². The van der Waals surface area contributed by atoms with Crippen molar-refractivity contribution in [3.63, 3.8) is 0 Å². The lowest BCUT2D eigenvalue weighted by Gasteiger charge is -2.13. The predicted octanol–water partition coefficient (Wildman–Crippen LogP) is 5.45. The summed E-state index contributed by atoms with van der Waals surface area (Å²) in [5, 5.41) is 12.6. The van der Waals surface area contributed by atoms with Crippen LogP contribution in [-0.2, 0) is 0 Å². The van der Waals surface area contributed by atoms with Crippen molar-refractivity contribution in [3.05, 3.63) is 77.1 Å². The van der Waals surface area contributed by atoms with E-state index in [1.54, 1.807) is 12.3 Å². The van der Waals surface area contributed by atoms with E-state index in [0.717, 1.165) is 22.7 Å². The smallest absolute Gasteiger partial charge is 0.148 e. The number of aromatic nitrogens is 1. The second-order valence-corrected chi connectivity index (χ2v) is 5.51. The van der Waals surface area contributed by atoms with Crippen LogP contribution >= 0.6 is 11.6 Å². The molecule has 0 saturated carbocycles. The lowest BCUT2D eigenvalue weighted by atomic mass is 10.1. The van der Waals surface area contributed by atoms with Gasteiger partial charge in [-0.25, -0.2) is 4.98 Å². The molecule has 5 heteroatoms. The number of nitriles is 1. The maximum atomic E-state index is 9.22. The maximum Gasteiger partial charge on any atom is 0.148 e. The Kier molecular flexibility index (Phi) is 4.64. The Labute approximate surface area is 145 Å². The van der Waals surface area contributed by atoms with Crippen molar-refractivity contribution < 1.29 is 4.74 Å². The second kappa shape index (κ2) is 7.03. The van der Waals surface area contributed by atoms with Crippen LogP contribution in [0.2, 0.25) is 5.15 Å². The lowest BCUT2D eigenvalue weighted by Crippen LogP contribution is -1.97. The van der Waals surface area contributed by atoms with E-state index in [4.69, 9.17) is 16.3 Å². The zero-order chi connectivity index (χ0) is 16.9. The maximum absolute atomic E-state index is 9.22. The number of rotatable bonds is 4. The molecule has 4 nitrogen and oxygen atoms in total. The van der Waals surface area contributed by atoms with Gasteiger partial charge in [-0.3, -0.25) is 0 Å². The molecule has 0 atom stereocenters. The summed E-state index contributed by atoms with van der Waals surface area (Å²) in [5.41, 5.74) is 2.80. The minimum Gasteiger partial charge on any atom is -0.457 e. The number of nitrogens with one attached hydrogen (secondary N) is 1. The van der Waals surface area contributed by atoms with E-state index in [1.165, 1.54) is 0 Å². The average molecular weight is 336 g/mol. The molecule has 0 radical (unpaired) electrons. The van der Waals surface area contributed by atoms with Crippen molar-refractivity contribution in [1.29, 1.82) is 5.26 Å². The minimum absolute atomic E-state index is 0.184. The first-order chi connectivity index (χ1) is 11.7. The fourth-order valence-electron chi connectivity index (χ4n) is 2.26. The van der Waals surface area contributed by atoms with Gasteiger partial charge in [0.2, 0.25) is 0 Å². The van der Waals surface area contributed by atoms with E-state index < -0.39 is 0 Å². The van der Waals surface area contributed by atoms with Crippen LogP contribution < -0.4 is 10.1 Å². The normalized spacial score (nSPS) is 10.0. The van der Waals surface area contributed by atoms with Gasteiger partial charge >= 0.3 is 0 Å². The number of halogens is 1. The summed E-state index contributed by atoms with van der Waals surface area (Å²) in [6.07, 6.45) is 1.56. The van der Waals surface area contributed by atoms with E-state index in [-0.39, 0.29) is 5.15 Å². The molecule has 0 amide bonds. The lowest BCUT2D eigenvalue weighted by molar-refractivity contribution is 0.482. The molecule has 0 aliphatic rings. The van der Waals surface area contributed by atoms with Crippen molar-refractivity contribution in [2.75, 3.05) is 5.32 Å². The Bertz CT molecular complexity index is 904. The highest BCUT2D eigenvalue weighted by atomic mass is 35.5. The number of ether oxygens (including phenoxy) is 1. The molecule has 0 saturated heterocycles. The molecule has 3 rings (SSSR count). The van der Waals surface area contributed by atoms with E-state index in [1.807, 2.05) is 55.5 Å². The van der Waals surface area contributed by atoms with Crippen molar-refractivity contribution in [1.82, 2.24) is 4.98 Å². The number of aryl methyl sites for hydroxylation is 1. The first kappa shape index (κ1) is 15.9. The third-order valence-electron chi connectivity index (χ3n) is 3.46. The van der Waals surface area contributed by atoms with Crippen LogP contribution in [0.4, 0.5) is 11.4 Å². The number of anilines is 2. The fourth-order valence-corrected chi connectivity index (χ4v) is 2.46. The molecule has 0 fully saturated rings. The molecule has 0 unspecified atom stereocenters. The number of nitrogens with zero attached hydrogens (tertiary/aromatic N) is 2. The third-order valence-corrected chi connectivity index (χ3v) is 3.75. The number of benzene rings is 2. The van der Waals surface area contributed by atoms with Crippen molar-refractivity contribution in [3.8, 4) is 17.6 Å². The van der Waals surface area contributed by atoms with Crippen LogP contribution in [0.3, 0.4) is 0 Å². The van der Waals surface area contributed by atoms with Gasteiger partial charge in [0.15, 0.2) is 0 Å². The van der Waals surface area contributed by atoms with E-state index >= 15 is 0 Å². The Morgan fingerprint density at radius 2 is 1.83 bits per heavy atom. The Morgan fingerprint density at radius 1 is 1.04 bits per heavy atom. The molecule has 0 spiro atoms. The highest BCUT2D eigenvalue weighted by molar-refractivity contribution is 6.31. The Balaban J connectivity index is 1.84. The minimum atomic E-state index is 0.184. The van der Waals surface area contributed by atoms with Crippen molar-refractivity contribution in [2.45, 2.75) is 6.92 Å². The summed E-state index contributed by atoms with van der Waals surface area (Å²) in [4.78, 5) is 3.92. The summed E-state index contributed by atoms with van der Waals surface area (Å²) < 4.78 is 5.82. The van der Waals surface area contributed by atoms with E-state index in [0.29, 0.717) is 11.3 Å². The summed E-state index contributed by atoms with van der Waals surface area (Å²) in [5.74, 6) is 1.53. The van der Waals surface area contributed by atoms with Gasteiger partial charge in [0.25, 0.3) is 0 Å². The van der Waals surface area contributed by atoms with E-state index in [9.17, 15) is 5.26 Å². The highest BCUT2D eigenvalue weighted by Crippen LogP contribution is 2.30. The molecular formula is C19H14ClN3O. The molecular weight excluding hydrogens is 322 g/mol. The predicted molar refractivity (Wildman–Crippen MR) is 94.9 cm³/mol. The molecule has 1 aromatic heterocycles. The van der Waals surface area contributed by atoms with Crippen LogP contribution in [0, 0.1) is 18.3 Å². The van der Waals surface area contributed by atoms with Gasteiger partial charge in [-0.15, -0.1) is 0 Å².